The molecule has 1 aromatic carbocycles. The van der Waals surface area contributed by atoms with Crippen LogP contribution in [-0.4, -0.2) is 36.6 Å². The predicted molar refractivity (Wildman–Crippen MR) is 84.6 cm³/mol. The molecular formula is C14H20N2O4S. The van der Waals surface area contributed by atoms with Gasteiger partial charge in [0.2, 0.25) is 5.91 Å². The minimum atomic E-state index is -0.392. The fourth-order valence-corrected chi connectivity index (χ4v) is 2.20. The number of methoxy groups -OCH3 is 1. The monoisotopic (exact) mass is 312 g/mol. The number of benzene rings is 1. The number of hydrogen-bond acceptors (Lipinski definition) is 6. The number of thioether (sulfide) groups is 1. The largest absolute Gasteiger partial charge is 0.494 e. The molecule has 3 N–H and O–H groups in total. The number of anilines is 2. The van der Waals surface area contributed by atoms with Gasteiger partial charge in [0.15, 0.2) is 0 Å². The van der Waals surface area contributed by atoms with Crippen molar-refractivity contribution in [2.75, 3.05) is 30.5 Å². The van der Waals surface area contributed by atoms with E-state index in [2.05, 4.69) is 5.32 Å². The average molecular weight is 312 g/mol. The Morgan fingerprint density at radius 1 is 1.43 bits per heavy atom. The van der Waals surface area contributed by atoms with Gasteiger partial charge in [0.05, 0.1) is 30.4 Å². The van der Waals surface area contributed by atoms with Crippen molar-refractivity contribution in [3.8, 4) is 5.75 Å². The van der Waals surface area contributed by atoms with E-state index in [1.165, 1.54) is 18.9 Å². The Kier molecular flexibility index (Phi) is 6.87. The van der Waals surface area contributed by atoms with Crippen LogP contribution in [0.5, 0.6) is 5.75 Å². The topological polar surface area (TPSA) is 90.7 Å². The van der Waals surface area contributed by atoms with E-state index in [4.69, 9.17) is 15.2 Å². The first-order valence-electron chi connectivity index (χ1n) is 6.49. The molecule has 1 atom stereocenters. The highest BCUT2D eigenvalue weighted by atomic mass is 32.2. The van der Waals surface area contributed by atoms with Crippen molar-refractivity contribution < 1.29 is 19.1 Å². The van der Waals surface area contributed by atoms with Crippen molar-refractivity contribution in [2.24, 2.45) is 0 Å². The van der Waals surface area contributed by atoms with Gasteiger partial charge >= 0.3 is 5.97 Å². The van der Waals surface area contributed by atoms with E-state index in [9.17, 15) is 9.59 Å². The molecule has 0 radical (unpaired) electrons. The van der Waals surface area contributed by atoms with Crippen molar-refractivity contribution in [2.45, 2.75) is 19.1 Å². The summed E-state index contributed by atoms with van der Waals surface area (Å²) in [5.74, 6) is 0.0897. The molecule has 0 saturated carbocycles. The number of hydrogen-bond donors (Lipinski definition) is 2. The molecule has 1 rings (SSSR count). The third kappa shape index (κ3) is 5.55. The molecule has 0 spiro atoms. The Labute approximate surface area is 128 Å². The van der Waals surface area contributed by atoms with Crippen molar-refractivity contribution in [3.05, 3.63) is 18.2 Å². The number of esters is 1. The van der Waals surface area contributed by atoms with Crippen LogP contribution in [0.2, 0.25) is 0 Å². The minimum absolute atomic E-state index is 0.140. The van der Waals surface area contributed by atoms with Crippen LogP contribution in [0.25, 0.3) is 0 Å². The van der Waals surface area contributed by atoms with Crippen LogP contribution in [0.4, 0.5) is 11.4 Å². The summed E-state index contributed by atoms with van der Waals surface area (Å²) in [7, 11) is 1.50. The molecule has 0 aromatic heterocycles. The zero-order valence-electron chi connectivity index (χ0n) is 12.3. The number of nitrogens with one attached hydrogen (secondary N) is 1. The normalized spacial score (nSPS) is 11.6. The van der Waals surface area contributed by atoms with Gasteiger partial charge in [-0.15, -0.1) is 11.8 Å². The molecule has 1 unspecified atom stereocenters. The van der Waals surface area contributed by atoms with Gasteiger partial charge in [-0.05, 0) is 26.0 Å². The van der Waals surface area contributed by atoms with Crippen LogP contribution in [-0.2, 0) is 14.3 Å². The van der Waals surface area contributed by atoms with Crippen LogP contribution >= 0.6 is 11.8 Å². The molecule has 21 heavy (non-hydrogen) atoms. The van der Waals surface area contributed by atoms with Gasteiger partial charge in [0.25, 0.3) is 0 Å². The first-order chi connectivity index (χ1) is 9.97. The number of nitrogens with two attached hydrogens (primary N) is 1. The van der Waals surface area contributed by atoms with Crippen molar-refractivity contribution in [3.63, 3.8) is 0 Å². The lowest BCUT2D eigenvalue weighted by Gasteiger charge is -2.14. The molecule has 116 valence electrons. The predicted octanol–water partition coefficient (Wildman–Crippen LogP) is 1.90. The van der Waals surface area contributed by atoms with Crippen LogP contribution in [0.15, 0.2) is 18.2 Å². The van der Waals surface area contributed by atoms with Crippen molar-refractivity contribution >= 4 is 35.0 Å². The van der Waals surface area contributed by atoms with Crippen molar-refractivity contribution in [1.29, 1.82) is 0 Å². The first-order valence-corrected chi connectivity index (χ1v) is 7.54. The molecule has 0 saturated heterocycles. The maximum Gasteiger partial charge on any atom is 0.315 e. The summed E-state index contributed by atoms with van der Waals surface area (Å²) in [6.07, 6.45) is 0. The Bertz CT molecular complexity index is 508. The van der Waals surface area contributed by atoms with Gasteiger partial charge < -0.3 is 20.5 Å². The van der Waals surface area contributed by atoms with Gasteiger partial charge in [-0.2, -0.15) is 0 Å². The Hall–Kier alpha value is -1.89. The van der Waals surface area contributed by atoms with Gasteiger partial charge in [-0.25, -0.2) is 0 Å². The summed E-state index contributed by atoms with van der Waals surface area (Å²) in [5.41, 5.74) is 6.75. The number of ether oxygens (including phenoxy) is 2. The van der Waals surface area contributed by atoms with Crippen LogP contribution in [0.3, 0.4) is 0 Å². The van der Waals surface area contributed by atoms with Crippen LogP contribution in [0.1, 0.15) is 13.8 Å². The van der Waals surface area contributed by atoms with E-state index in [0.717, 1.165) is 0 Å². The summed E-state index contributed by atoms with van der Waals surface area (Å²) in [6.45, 7) is 3.80. The zero-order valence-corrected chi connectivity index (χ0v) is 13.2. The number of carbonyl (C=O) groups is 2. The number of rotatable bonds is 7. The van der Waals surface area contributed by atoms with E-state index in [1.807, 2.05) is 0 Å². The van der Waals surface area contributed by atoms with E-state index >= 15 is 0 Å². The highest BCUT2D eigenvalue weighted by molar-refractivity contribution is 8.01. The molecule has 0 fully saturated rings. The average Bonchev–Trinajstić information content (AvgIpc) is 2.46. The number of carbonyl (C=O) groups excluding carboxylic acids is 2. The molecule has 0 aliphatic heterocycles. The smallest absolute Gasteiger partial charge is 0.315 e. The second kappa shape index (κ2) is 8.41. The minimum Gasteiger partial charge on any atom is -0.494 e. The second-order valence-electron chi connectivity index (χ2n) is 4.21. The molecule has 6 nitrogen and oxygen atoms in total. The third-order valence-electron chi connectivity index (χ3n) is 2.61. The summed E-state index contributed by atoms with van der Waals surface area (Å²) < 4.78 is 9.98. The maximum atomic E-state index is 12.1. The molecule has 0 bridgehead atoms. The second-order valence-corrected chi connectivity index (χ2v) is 5.54. The quantitative estimate of drug-likeness (QED) is 0.590. The molecule has 0 aliphatic carbocycles. The lowest BCUT2D eigenvalue weighted by atomic mass is 10.2. The number of nitrogen functional groups attached to an aromatic ring is 1. The summed E-state index contributed by atoms with van der Waals surface area (Å²) in [5, 5.41) is 2.36. The standard InChI is InChI=1S/C14H20N2O4S/c1-4-20-13(17)8-21-9(2)14(18)16-11-6-5-10(15)7-12(11)19-3/h5-7,9H,4,8,15H2,1-3H3,(H,16,18). The highest BCUT2D eigenvalue weighted by Crippen LogP contribution is 2.27. The van der Waals surface area contributed by atoms with Gasteiger partial charge in [0, 0.05) is 11.8 Å². The lowest BCUT2D eigenvalue weighted by Crippen LogP contribution is -2.24. The summed E-state index contributed by atoms with van der Waals surface area (Å²) in [6, 6.07) is 4.98. The van der Waals surface area contributed by atoms with E-state index in [-0.39, 0.29) is 17.6 Å². The van der Waals surface area contributed by atoms with Crippen LogP contribution in [0, 0.1) is 0 Å². The van der Waals surface area contributed by atoms with Gasteiger partial charge in [-0.1, -0.05) is 0 Å². The number of amides is 1. The fraction of sp³-hybridized carbons (Fsp3) is 0.429. The van der Waals surface area contributed by atoms with Crippen molar-refractivity contribution in [1.82, 2.24) is 0 Å². The Morgan fingerprint density at radius 2 is 2.14 bits per heavy atom. The van der Waals surface area contributed by atoms with Gasteiger partial charge in [0.1, 0.15) is 5.75 Å². The van der Waals surface area contributed by atoms with E-state index in [1.54, 1.807) is 32.0 Å². The molecule has 7 heteroatoms. The fourth-order valence-electron chi connectivity index (χ4n) is 1.52. The van der Waals surface area contributed by atoms with Crippen LogP contribution < -0.4 is 15.8 Å². The zero-order chi connectivity index (χ0) is 15.8. The SMILES string of the molecule is CCOC(=O)CSC(C)C(=O)Nc1ccc(N)cc1OC. The molecule has 0 heterocycles. The molecule has 1 aromatic rings. The van der Waals surface area contributed by atoms with Gasteiger partial charge in [-0.3, -0.25) is 9.59 Å². The Balaban J connectivity index is 2.58. The first kappa shape index (κ1) is 17.2. The van der Waals surface area contributed by atoms with E-state index in [0.29, 0.717) is 23.7 Å². The highest BCUT2D eigenvalue weighted by Gasteiger charge is 2.17. The molecule has 1 amide bonds. The van der Waals surface area contributed by atoms with E-state index < -0.39 is 5.25 Å². The third-order valence-corrected chi connectivity index (χ3v) is 3.73. The summed E-state index contributed by atoms with van der Waals surface area (Å²) >= 11 is 1.22. The summed E-state index contributed by atoms with van der Waals surface area (Å²) in [4.78, 5) is 23.3. The lowest BCUT2D eigenvalue weighted by molar-refractivity contribution is -0.139. The molecule has 0 aliphatic rings. The Morgan fingerprint density at radius 3 is 2.76 bits per heavy atom. The molecular weight excluding hydrogens is 292 g/mol. The maximum absolute atomic E-state index is 12.1.